The highest BCUT2D eigenvalue weighted by Gasteiger charge is 2.56. The minimum Gasteiger partial charge on any atom is -0.334 e. The predicted molar refractivity (Wildman–Crippen MR) is 167 cm³/mol. The lowest BCUT2D eigenvalue weighted by molar-refractivity contribution is 0.125. The molecular formula is C34H37Br2N. The van der Waals surface area contributed by atoms with E-state index in [0.717, 1.165) is 49.0 Å². The van der Waals surface area contributed by atoms with Crippen LogP contribution in [0.2, 0.25) is 0 Å². The lowest BCUT2D eigenvalue weighted by Gasteiger charge is -2.44. The molecule has 37 heavy (non-hydrogen) atoms. The maximum absolute atomic E-state index is 9.45. The summed E-state index contributed by atoms with van der Waals surface area (Å²) in [5.74, 6) is 0. The zero-order valence-corrected chi connectivity index (χ0v) is 25.9. The van der Waals surface area contributed by atoms with E-state index in [1.54, 1.807) is 0 Å². The fourth-order valence-corrected chi connectivity index (χ4v) is 6.46. The lowest BCUT2D eigenvalue weighted by atomic mass is 9.59. The minimum absolute atomic E-state index is 0.0636. The van der Waals surface area contributed by atoms with Crippen molar-refractivity contribution in [1.82, 2.24) is 0 Å². The van der Waals surface area contributed by atoms with Gasteiger partial charge in [-0.05, 0) is 100 Å². The Morgan fingerprint density at radius 1 is 0.784 bits per heavy atom. The van der Waals surface area contributed by atoms with Crippen LogP contribution in [-0.2, 0) is 10.8 Å². The Bertz CT molecular complexity index is 1500. The average molecular weight is 623 g/mol. The van der Waals surface area contributed by atoms with Crippen LogP contribution in [0, 0.1) is 5.41 Å². The zero-order valence-electron chi connectivity index (χ0n) is 25.8. The van der Waals surface area contributed by atoms with Crippen LogP contribution in [0.1, 0.15) is 75.7 Å². The lowest BCUT2D eigenvalue weighted by Crippen LogP contribution is -2.42. The molecule has 0 spiro atoms. The van der Waals surface area contributed by atoms with E-state index < -0.39 is 0 Å². The first-order valence-electron chi connectivity index (χ1n) is 14.4. The number of hydrogen-bond donors (Lipinski definition) is 0. The third-order valence-electron chi connectivity index (χ3n) is 9.46. The van der Waals surface area contributed by atoms with Crippen molar-refractivity contribution in [2.75, 3.05) is 4.90 Å². The SMILES string of the molecule is [2H]c1c([2H])c2c(c([2H])c1C1=C(C)CC(N(c3ccc(Br)cc3)c3ccc(Br)cc3)C=C1)C(C)(C)C(C)(C)C2(C)C. The number of hydrogen-bond acceptors (Lipinski definition) is 1. The molecule has 0 saturated carbocycles. The van der Waals surface area contributed by atoms with Crippen LogP contribution in [0.15, 0.2) is 93.3 Å². The summed E-state index contributed by atoms with van der Waals surface area (Å²) in [7, 11) is 0. The summed E-state index contributed by atoms with van der Waals surface area (Å²) in [6.07, 6.45) is 5.03. The van der Waals surface area contributed by atoms with Gasteiger partial charge in [0.05, 0.1) is 10.2 Å². The van der Waals surface area contributed by atoms with Crippen LogP contribution >= 0.6 is 31.9 Å². The summed E-state index contributed by atoms with van der Waals surface area (Å²) in [5.41, 5.74) is 5.81. The minimum atomic E-state index is -0.320. The Labute approximate surface area is 244 Å². The molecule has 0 fully saturated rings. The van der Waals surface area contributed by atoms with E-state index in [1.165, 1.54) is 0 Å². The van der Waals surface area contributed by atoms with E-state index in [2.05, 4.69) is 146 Å². The smallest absolute Gasteiger partial charge is 0.0632 e. The number of anilines is 2. The van der Waals surface area contributed by atoms with Gasteiger partial charge in [-0.25, -0.2) is 0 Å². The second kappa shape index (κ2) is 9.27. The first-order valence-corrected chi connectivity index (χ1v) is 14.5. The van der Waals surface area contributed by atoms with Crippen LogP contribution in [0.4, 0.5) is 11.4 Å². The summed E-state index contributed by atoms with van der Waals surface area (Å²) < 4.78 is 29.8. The molecule has 1 atom stereocenters. The van der Waals surface area contributed by atoms with E-state index in [0.29, 0.717) is 11.6 Å². The highest BCUT2D eigenvalue weighted by atomic mass is 79.9. The van der Waals surface area contributed by atoms with Crippen LogP contribution in [0.25, 0.3) is 5.57 Å². The van der Waals surface area contributed by atoms with Crippen LogP contribution in [-0.4, -0.2) is 6.04 Å². The number of nitrogens with zero attached hydrogens (tertiary/aromatic N) is 1. The van der Waals surface area contributed by atoms with Crippen molar-refractivity contribution in [3.05, 3.63) is 110 Å². The number of rotatable bonds is 4. The summed E-state index contributed by atoms with van der Waals surface area (Å²) >= 11 is 7.13. The van der Waals surface area contributed by atoms with Crippen molar-refractivity contribution < 1.29 is 4.11 Å². The van der Waals surface area contributed by atoms with Gasteiger partial charge in [0.25, 0.3) is 0 Å². The van der Waals surface area contributed by atoms with Crippen molar-refractivity contribution in [3.63, 3.8) is 0 Å². The molecule has 5 rings (SSSR count). The Hall–Kier alpha value is -2.10. The molecule has 0 aliphatic heterocycles. The van der Waals surface area contributed by atoms with Gasteiger partial charge in [-0.1, -0.05) is 109 Å². The zero-order chi connectivity index (χ0) is 29.4. The van der Waals surface area contributed by atoms with Crippen LogP contribution in [0.5, 0.6) is 0 Å². The highest BCUT2D eigenvalue weighted by molar-refractivity contribution is 9.10. The van der Waals surface area contributed by atoms with E-state index >= 15 is 0 Å². The molecule has 0 N–H and O–H groups in total. The van der Waals surface area contributed by atoms with Gasteiger partial charge in [0.15, 0.2) is 0 Å². The van der Waals surface area contributed by atoms with E-state index in [-0.39, 0.29) is 34.4 Å². The molecule has 3 heteroatoms. The van der Waals surface area contributed by atoms with Crippen molar-refractivity contribution in [2.45, 2.75) is 71.8 Å². The largest absolute Gasteiger partial charge is 0.334 e. The van der Waals surface area contributed by atoms with Gasteiger partial charge in [-0.2, -0.15) is 0 Å². The third-order valence-corrected chi connectivity index (χ3v) is 10.5. The van der Waals surface area contributed by atoms with Crippen molar-refractivity contribution in [1.29, 1.82) is 0 Å². The Morgan fingerprint density at radius 2 is 1.30 bits per heavy atom. The summed E-state index contributed by atoms with van der Waals surface area (Å²) in [6, 6.07) is 17.6. The van der Waals surface area contributed by atoms with Gasteiger partial charge in [0, 0.05) is 20.3 Å². The number of halogens is 2. The van der Waals surface area contributed by atoms with E-state index in [4.69, 9.17) is 2.74 Å². The fourth-order valence-electron chi connectivity index (χ4n) is 5.94. The summed E-state index contributed by atoms with van der Waals surface area (Å²) in [5, 5.41) is 0. The van der Waals surface area contributed by atoms with Gasteiger partial charge in [0.2, 0.25) is 0 Å². The van der Waals surface area contributed by atoms with Gasteiger partial charge >= 0.3 is 0 Å². The molecule has 1 unspecified atom stereocenters. The van der Waals surface area contributed by atoms with Crippen LogP contribution in [0.3, 0.4) is 0 Å². The first kappa shape index (κ1) is 22.8. The second-order valence-electron chi connectivity index (χ2n) is 12.0. The maximum Gasteiger partial charge on any atom is 0.0632 e. The molecular weight excluding hydrogens is 582 g/mol. The van der Waals surface area contributed by atoms with E-state index in [9.17, 15) is 1.37 Å². The molecule has 0 aromatic heterocycles. The summed E-state index contributed by atoms with van der Waals surface area (Å²) in [6.45, 7) is 15.3. The van der Waals surface area contributed by atoms with Gasteiger partial charge in [0.1, 0.15) is 0 Å². The van der Waals surface area contributed by atoms with E-state index in [1.807, 2.05) is 0 Å². The topological polar surface area (TPSA) is 3.24 Å². The van der Waals surface area contributed by atoms with Crippen molar-refractivity contribution in [2.24, 2.45) is 5.41 Å². The summed E-state index contributed by atoms with van der Waals surface area (Å²) in [4.78, 5) is 2.34. The Morgan fingerprint density at radius 3 is 1.81 bits per heavy atom. The van der Waals surface area contributed by atoms with Gasteiger partial charge < -0.3 is 4.90 Å². The van der Waals surface area contributed by atoms with Crippen molar-refractivity contribution >= 4 is 48.8 Å². The Balaban J connectivity index is 1.62. The first-order chi connectivity index (χ1) is 18.6. The Kier molecular flexibility index (Phi) is 5.73. The second-order valence-corrected chi connectivity index (χ2v) is 13.9. The molecule has 2 aliphatic carbocycles. The molecule has 0 radical (unpaired) electrons. The quantitative estimate of drug-likeness (QED) is 0.280. The normalized spacial score (nSPS) is 22.3. The molecule has 3 aromatic rings. The van der Waals surface area contributed by atoms with Crippen molar-refractivity contribution in [3.8, 4) is 0 Å². The molecule has 2 aliphatic rings. The third kappa shape index (κ3) is 4.27. The molecule has 0 bridgehead atoms. The van der Waals surface area contributed by atoms with Crippen LogP contribution < -0.4 is 4.90 Å². The number of allylic oxidation sites excluding steroid dienone is 2. The molecule has 3 aromatic carbocycles. The highest BCUT2D eigenvalue weighted by Crippen LogP contribution is 2.61. The number of fused-ring (bicyclic) bond motifs is 1. The fraction of sp³-hybridized carbons (Fsp3) is 0.353. The molecule has 1 nitrogen and oxygen atoms in total. The van der Waals surface area contributed by atoms with Gasteiger partial charge in [-0.3, -0.25) is 0 Å². The average Bonchev–Trinajstić information content (AvgIpc) is 3.00. The molecule has 192 valence electrons. The molecule has 0 amide bonds. The standard InChI is InChI=1S/C34H37Br2N/c1-22-20-28(37(26-13-9-24(35)10-14-26)27-15-11-25(36)12-16-27)17-18-29(22)23-8-19-30-31(21-23)33(4,5)34(6,7)32(30,2)3/h8-19,21,28H,20H2,1-7H3/i8D,19D,21D. The number of benzene rings is 3. The monoisotopic (exact) mass is 620 g/mol. The maximum atomic E-state index is 9.45. The molecule has 0 heterocycles. The molecule has 0 saturated heterocycles. The van der Waals surface area contributed by atoms with Gasteiger partial charge in [-0.15, -0.1) is 0 Å². The predicted octanol–water partition coefficient (Wildman–Crippen LogP) is 10.7.